The summed E-state index contributed by atoms with van der Waals surface area (Å²) < 4.78 is 30.0. The molecule has 0 spiro atoms. The lowest BCUT2D eigenvalue weighted by Gasteiger charge is -2.15. The van der Waals surface area contributed by atoms with E-state index in [0.29, 0.717) is 5.69 Å². The van der Waals surface area contributed by atoms with E-state index in [1.165, 1.54) is 15.8 Å². The molecule has 2 aromatic carbocycles. The maximum absolute atomic E-state index is 12.8. The molecular formula is C18H18N4O2S. The minimum Gasteiger partial charge on any atom is -0.221 e. The Hall–Kier alpha value is -2.51. The van der Waals surface area contributed by atoms with Crippen LogP contribution in [0.25, 0.3) is 5.69 Å². The summed E-state index contributed by atoms with van der Waals surface area (Å²) in [6.07, 6.45) is 4.90. The number of aromatic nitrogens is 3. The zero-order chi connectivity index (χ0) is 17.4. The first kappa shape index (κ1) is 16.0. The van der Waals surface area contributed by atoms with Crippen molar-refractivity contribution >= 4 is 10.0 Å². The molecule has 128 valence electrons. The van der Waals surface area contributed by atoms with Crippen molar-refractivity contribution in [1.29, 1.82) is 0 Å². The summed E-state index contributed by atoms with van der Waals surface area (Å²) in [5.41, 5.74) is 4.15. The van der Waals surface area contributed by atoms with Crippen LogP contribution in [0.3, 0.4) is 0 Å². The SMILES string of the molecule is Cc1ccc2c(c1)CCC2NS(=O)(=O)c1cccc(-n2ccnn2)c1. The van der Waals surface area contributed by atoms with E-state index in [2.05, 4.69) is 21.1 Å². The molecule has 0 fully saturated rings. The molecule has 0 aliphatic heterocycles. The summed E-state index contributed by atoms with van der Waals surface area (Å²) in [6.45, 7) is 2.05. The highest BCUT2D eigenvalue weighted by atomic mass is 32.2. The predicted molar refractivity (Wildman–Crippen MR) is 93.9 cm³/mol. The van der Waals surface area contributed by atoms with Crippen LogP contribution in [0.15, 0.2) is 59.8 Å². The van der Waals surface area contributed by atoms with Crippen LogP contribution in [0.5, 0.6) is 0 Å². The zero-order valence-corrected chi connectivity index (χ0v) is 14.6. The van der Waals surface area contributed by atoms with E-state index in [0.717, 1.165) is 18.4 Å². The number of hydrogen-bond donors (Lipinski definition) is 1. The second-order valence-electron chi connectivity index (χ2n) is 6.26. The Labute approximate surface area is 146 Å². The van der Waals surface area contributed by atoms with Gasteiger partial charge in [0.05, 0.1) is 23.0 Å². The molecule has 7 heteroatoms. The number of nitrogens with zero attached hydrogens (tertiary/aromatic N) is 3. The fourth-order valence-corrected chi connectivity index (χ4v) is 4.55. The van der Waals surface area contributed by atoms with Crippen LogP contribution >= 0.6 is 0 Å². The van der Waals surface area contributed by atoms with Crippen molar-refractivity contribution in [3.63, 3.8) is 0 Å². The molecule has 6 nitrogen and oxygen atoms in total. The van der Waals surface area contributed by atoms with Gasteiger partial charge in [-0.2, -0.15) is 0 Å². The molecule has 25 heavy (non-hydrogen) atoms. The molecule has 1 aliphatic rings. The van der Waals surface area contributed by atoms with Crippen LogP contribution in [0, 0.1) is 6.92 Å². The first-order valence-corrected chi connectivity index (χ1v) is 9.60. The van der Waals surface area contributed by atoms with Crippen LogP contribution in [0.2, 0.25) is 0 Å². The lowest BCUT2D eigenvalue weighted by atomic mass is 10.1. The Balaban J connectivity index is 1.63. The van der Waals surface area contributed by atoms with Crippen LogP contribution in [0.1, 0.15) is 29.2 Å². The Morgan fingerprint density at radius 2 is 2.08 bits per heavy atom. The van der Waals surface area contributed by atoms with Crippen molar-refractivity contribution in [2.45, 2.75) is 30.7 Å². The van der Waals surface area contributed by atoms with E-state index < -0.39 is 10.0 Å². The summed E-state index contributed by atoms with van der Waals surface area (Å²) in [7, 11) is -3.62. The van der Waals surface area contributed by atoms with E-state index in [9.17, 15) is 8.42 Å². The van der Waals surface area contributed by atoms with Crippen molar-refractivity contribution in [3.05, 3.63) is 71.5 Å². The van der Waals surface area contributed by atoms with Gasteiger partial charge in [0, 0.05) is 6.04 Å². The molecule has 0 saturated heterocycles. The molecular weight excluding hydrogens is 336 g/mol. The summed E-state index contributed by atoms with van der Waals surface area (Å²) in [5, 5.41) is 7.66. The minimum absolute atomic E-state index is 0.185. The minimum atomic E-state index is -3.62. The molecule has 1 heterocycles. The Bertz CT molecular complexity index is 1010. The number of sulfonamides is 1. The van der Waals surface area contributed by atoms with Crippen LogP contribution < -0.4 is 4.72 Å². The molecule has 4 rings (SSSR count). The van der Waals surface area contributed by atoms with Gasteiger partial charge in [-0.15, -0.1) is 5.10 Å². The lowest BCUT2D eigenvalue weighted by Crippen LogP contribution is -2.27. The fourth-order valence-electron chi connectivity index (χ4n) is 3.26. The summed E-state index contributed by atoms with van der Waals surface area (Å²) in [6, 6.07) is 12.7. The molecule has 1 atom stereocenters. The van der Waals surface area contributed by atoms with Gasteiger partial charge in [0.15, 0.2) is 0 Å². The van der Waals surface area contributed by atoms with Crippen LogP contribution in [-0.4, -0.2) is 23.4 Å². The van der Waals surface area contributed by atoms with Crippen molar-refractivity contribution in [1.82, 2.24) is 19.7 Å². The number of hydrogen-bond acceptors (Lipinski definition) is 4. The van der Waals surface area contributed by atoms with E-state index in [4.69, 9.17) is 0 Å². The molecule has 1 aromatic heterocycles. The van der Waals surface area contributed by atoms with Gasteiger partial charge < -0.3 is 0 Å². The average molecular weight is 354 g/mol. The monoisotopic (exact) mass is 354 g/mol. The van der Waals surface area contributed by atoms with Gasteiger partial charge in [-0.1, -0.05) is 35.0 Å². The highest BCUT2D eigenvalue weighted by Gasteiger charge is 2.27. The van der Waals surface area contributed by atoms with Gasteiger partial charge in [-0.25, -0.2) is 17.8 Å². The van der Waals surface area contributed by atoms with Crippen molar-refractivity contribution in [3.8, 4) is 5.69 Å². The molecule has 0 amide bonds. The predicted octanol–water partition coefficient (Wildman–Crippen LogP) is 2.54. The largest absolute Gasteiger partial charge is 0.241 e. The molecule has 1 aliphatic carbocycles. The number of aryl methyl sites for hydroxylation is 2. The van der Waals surface area contributed by atoms with Crippen molar-refractivity contribution in [2.75, 3.05) is 0 Å². The summed E-state index contributed by atoms with van der Waals surface area (Å²) >= 11 is 0. The highest BCUT2D eigenvalue weighted by molar-refractivity contribution is 7.89. The Kier molecular flexibility index (Phi) is 3.89. The first-order chi connectivity index (χ1) is 12.0. The number of nitrogens with one attached hydrogen (secondary N) is 1. The quantitative estimate of drug-likeness (QED) is 0.781. The van der Waals surface area contributed by atoms with E-state index in [1.807, 2.05) is 19.1 Å². The Morgan fingerprint density at radius 3 is 2.88 bits per heavy atom. The van der Waals surface area contributed by atoms with Crippen LogP contribution in [-0.2, 0) is 16.4 Å². The molecule has 1 unspecified atom stereocenters. The summed E-state index contributed by atoms with van der Waals surface area (Å²) in [4.78, 5) is 0.223. The smallest absolute Gasteiger partial charge is 0.221 e. The number of benzene rings is 2. The molecule has 0 saturated carbocycles. The van der Waals surface area contributed by atoms with E-state index >= 15 is 0 Å². The zero-order valence-electron chi connectivity index (χ0n) is 13.8. The molecule has 3 aromatic rings. The standard InChI is InChI=1S/C18H18N4O2S/c1-13-5-7-17-14(11-13)6-8-18(17)20-25(23,24)16-4-2-3-15(12-16)22-10-9-19-21-22/h2-5,7,9-12,18,20H,6,8H2,1H3. The average Bonchev–Trinajstić information content (AvgIpc) is 3.25. The third-order valence-electron chi connectivity index (χ3n) is 4.49. The van der Waals surface area contributed by atoms with E-state index in [1.54, 1.807) is 36.7 Å². The maximum Gasteiger partial charge on any atom is 0.241 e. The van der Waals surface area contributed by atoms with Crippen molar-refractivity contribution < 1.29 is 8.42 Å². The van der Waals surface area contributed by atoms with Crippen LogP contribution in [0.4, 0.5) is 0 Å². The normalized spacial score (nSPS) is 16.8. The Morgan fingerprint density at radius 1 is 1.20 bits per heavy atom. The first-order valence-electron chi connectivity index (χ1n) is 8.11. The second kappa shape index (κ2) is 6.09. The van der Waals surface area contributed by atoms with Gasteiger partial charge in [-0.05, 0) is 49.1 Å². The van der Waals surface area contributed by atoms with Gasteiger partial charge >= 0.3 is 0 Å². The third-order valence-corrected chi connectivity index (χ3v) is 5.96. The third kappa shape index (κ3) is 3.08. The topological polar surface area (TPSA) is 76.9 Å². The molecule has 0 bridgehead atoms. The highest BCUT2D eigenvalue weighted by Crippen LogP contribution is 2.33. The number of rotatable bonds is 4. The molecule has 1 N–H and O–H groups in total. The summed E-state index contributed by atoms with van der Waals surface area (Å²) in [5.74, 6) is 0. The van der Waals surface area contributed by atoms with Crippen molar-refractivity contribution in [2.24, 2.45) is 0 Å². The van der Waals surface area contributed by atoms with E-state index in [-0.39, 0.29) is 10.9 Å². The number of fused-ring (bicyclic) bond motifs is 1. The maximum atomic E-state index is 12.8. The van der Waals surface area contributed by atoms with Gasteiger partial charge in [-0.3, -0.25) is 0 Å². The molecule has 0 radical (unpaired) electrons. The van der Waals surface area contributed by atoms with Gasteiger partial charge in [0.2, 0.25) is 10.0 Å². The fraction of sp³-hybridized carbons (Fsp3) is 0.222. The second-order valence-corrected chi connectivity index (χ2v) is 7.97. The lowest BCUT2D eigenvalue weighted by molar-refractivity contribution is 0.554. The van der Waals surface area contributed by atoms with Gasteiger partial charge in [0.25, 0.3) is 0 Å². The van der Waals surface area contributed by atoms with Gasteiger partial charge in [0.1, 0.15) is 0 Å².